The molecule has 33 heavy (non-hydrogen) atoms. The highest BCUT2D eigenvalue weighted by molar-refractivity contribution is 6.26. The average Bonchev–Trinajstić information content (AvgIpc) is 2.85. The quantitative estimate of drug-likeness (QED) is 0.165. The zero-order valence-corrected chi connectivity index (χ0v) is 20.3. The molecule has 1 heteroatoms. The molecule has 0 aliphatic rings. The van der Waals surface area contributed by atoms with Gasteiger partial charge in [0.2, 0.25) is 0 Å². The van der Waals surface area contributed by atoms with Crippen LogP contribution < -0.4 is 4.90 Å². The maximum Gasteiger partial charge on any atom is 0.0488 e. The molecule has 0 spiro atoms. The topological polar surface area (TPSA) is 3.24 Å². The third kappa shape index (κ3) is 4.17. The standard InChI is InChI=1S/C32H35N/c1-4-5-6-7-8-9-11-24-14-18-27(19-15-24)33(3)30-21-17-26-22-23(2)28-13-10-12-25-16-20-29(30)32(26)31(25)28/h10,12-22H,4-9,11H2,1-3H3. The maximum atomic E-state index is 2.34. The molecular weight excluding hydrogens is 398 g/mol. The summed E-state index contributed by atoms with van der Waals surface area (Å²) in [6.07, 6.45) is 9.30. The molecule has 0 atom stereocenters. The largest absolute Gasteiger partial charge is 0.344 e. The Hall–Kier alpha value is -3.06. The molecule has 0 aliphatic heterocycles. The highest BCUT2D eigenvalue weighted by Crippen LogP contribution is 2.41. The molecule has 0 saturated heterocycles. The van der Waals surface area contributed by atoms with Crippen LogP contribution in [0.2, 0.25) is 0 Å². The third-order valence-corrected chi connectivity index (χ3v) is 7.33. The van der Waals surface area contributed by atoms with E-state index in [1.807, 2.05) is 0 Å². The van der Waals surface area contributed by atoms with Crippen molar-refractivity contribution in [3.63, 3.8) is 0 Å². The van der Waals surface area contributed by atoms with Gasteiger partial charge in [0.05, 0.1) is 0 Å². The van der Waals surface area contributed by atoms with Crippen molar-refractivity contribution in [1.29, 1.82) is 0 Å². The van der Waals surface area contributed by atoms with Gasteiger partial charge >= 0.3 is 0 Å². The molecule has 0 unspecified atom stereocenters. The van der Waals surface area contributed by atoms with Gasteiger partial charge in [-0.2, -0.15) is 0 Å². The molecule has 5 aromatic rings. The number of benzene rings is 5. The van der Waals surface area contributed by atoms with E-state index in [0.717, 1.165) is 0 Å². The zero-order valence-electron chi connectivity index (χ0n) is 20.3. The van der Waals surface area contributed by atoms with E-state index in [-0.39, 0.29) is 0 Å². The minimum Gasteiger partial charge on any atom is -0.344 e. The van der Waals surface area contributed by atoms with E-state index in [2.05, 4.69) is 98.6 Å². The number of aryl methyl sites for hydroxylation is 2. The van der Waals surface area contributed by atoms with E-state index in [1.54, 1.807) is 0 Å². The van der Waals surface area contributed by atoms with E-state index in [9.17, 15) is 0 Å². The molecule has 0 aromatic heterocycles. The van der Waals surface area contributed by atoms with Crippen molar-refractivity contribution in [3.05, 3.63) is 83.9 Å². The summed E-state index contributed by atoms with van der Waals surface area (Å²) in [5.74, 6) is 0. The molecule has 168 valence electrons. The predicted molar refractivity (Wildman–Crippen MR) is 146 cm³/mol. The lowest BCUT2D eigenvalue weighted by Crippen LogP contribution is -2.10. The van der Waals surface area contributed by atoms with Gasteiger partial charge in [0.15, 0.2) is 0 Å². The van der Waals surface area contributed by atoms with Gasteiger partial charge in [-0.25, -0.2) is 0 Å². The second-order valence-electron chi connectivity index (χ2n) is 9.64. The minimum atomic E-state index is 1.19. The minimum absolute atomic E-state index is 1.19. The predicted octanol–water partition coefficient (Wildman–Crippen LogP) is 9.56. The van der Waals surface area contributed by atoms with Crippen LogP contribution in [0.5, 0.6) is 0 Å². The first-order chi connectivity index (χ1) is 16.2. The SMILES string of the molecule is CCCCCCCCc1ccc(N(C)c2ccc3cc(C)c4cccc5ccc2c3c54)cc1. The third-order valence-electron chi connectivity index (χ3n) is 7.33. The zero-order chi connectivity index (χ0) is 22.8. The Balaban J connectivity index is 1.42. The van der Waals surface area contributed by atoms with Gasteiger partial charge in [-0.3, -0.25) is 0 Å². The fraction of sp³-hybridized carbons (Fsp3) is 0.312. The van der Waals surface area contributed by atoms with Crippen molar-refractivity contribution in [2.24, 2.45) is 0 Å². The number of unbranched alkanes of at least 4 members (excludes halogenated alkanes) is 5. The van der Waals surface area contributed by atoms with Crippen LogP contribution in [-0.4, -0.2) is 7.05 Å². The van der Waals surface area contributed by atoms with Crippen LogP contribution in [0.4, 0.5) is 11.4 Å². The van der Waals surface area contributed by atoms with E-state index in [4.69, 9.17) is 0 Å². The van der Waals surface area contributed by atoms with Crippen molar-refractivity contribution < 1.29 is 0 Å². The van der Waals surface area contributed by atoms with Crippen LogP contribution in [0.3, 0.4) is 0 Å². The number of anilines is 2. The van der Waals surface area contributed by atoms with Crippen molar-refractivity contribution >= 4 is 43.7 Å². The van der Waals surface area contributed by atoms with E-state index in [1.165, 1.54) is 99.8 Å². The van der Waals surface area contributed by atoms with E-state index in [0.29, 0.717) is 0 Å². The Morgan fingerprint density at radius 2 is 1.39 bits per heavy atom. The van der Waals surface area contributed by atoms with Crippen molar-refractivity contribution in [2.45, 2.75) is 58.8 Å². The Bertz CT molecular complexity index is 1360. The van der Waals surface area contributed by atoms with Crippen LogP contribution in [-0.2, 0) is 6.42 Å². The summed E-state index contributed by atoms with van der Waals surface area (Å²) in [4.78, 5) is 2.34. The van der Waals surface area contributed by atoms with Crippen LogP contribution in [0.1, 0.15) is 56.6 Å². The molecule has 0 N–H and O–H groups in total. The highest BCUT2D eigenvalue weighted by atomic mass is 15.1. The van der Waals surface area contributed by atoms with Crippen LogP contribution in [0.25, 0.3) is 32.3 Å². The second-order valence-corrected chi connectivity index (χ2v) is 9.64. The van der Waals surface area contributed by atoms with Gasteiger partial charge in [0.25, 0.3) is 0 Å². The maximum absolute atomic E-state index is 2.34. The lowest BCUT2D eigenvalue weighted by molar-refractivity contribution is 0.607. The van der Waals surface area contributed by atoms with Crippen molar-refractivity contribution in [3.8, 4) is 0 Å². The van der Waals surface area contributed by atoms with Crippen molar-refractivity contribution in [2.75, 3.05) is 11.9 Å². The Labute approximate surface area is 198 Å². The number of hydrogen-bond acceptors (Lipinski definition) is 1. The van der Waals surface area contributed by atoms with Gasteiger partial charge in [-0.05, 0) is 76.0 Å². The first-order valence-corrected chi connectivity index (χ1v) is 12.7. The van der Waals surface area contributed by atoms with Gasteiger partial charge in [-0.1, -0.05) is 93.6 Å². The Morgan fingerprint density at radius 1 is 0.667 bits per heavy atom. The summed E-state index contributed by atoms with van der Waals surface area (Å²) in [6, 6.07) is 27.4. The van der Waals surface area contributed by atoms with Gasteiger partial charge in [-0.15, -0.1) is 0 Å². The molecule has 0 amide bonds. The molecule has 0 heterocycles. The molecule has 5 rings (SSSR count). The normalized spacial score (nSPS) is 11.7. The molecule has 0 aliphatic carbocycles. The molecule has 0 radical (unpaired) electrons. The van der Waals surface area contributed by atoms with Gasteiger partial charge < -0.3 is 4.90 Å². The average molecular weight is 434 g/mol. The van der Waals surface area contributed by atoms with Crippen LogP contribution in [0, 0.1) is 6.92 Å². The molecule has 1 nitrogen and oxygen atoms in total. The summed E-state index contributed by atoms with van der Waals surface area (Å²) >= 11 is 0. The van der Waals surface area contributed by atoms with Gasteiger partial charge in [0.1, 0.15) is 0 Å². The lowest BCUT2D eigenvalue weighted by Gasteiger charge is -2.23. The van der Waals surface area contributed by atoms with Crippen LogP contribution in [0.15, 0.2) is 72.8 Å². The summed E-state index contributed by atoms with van der Waals surface area (Å²) < 4.78 is 0. The summed E-state index contributed by atoms with van der Waals surface area (Å²) in [6.45, 7) is 4.51. The van der Waals surface area contributed by atoms with Crippen molar-refractivity contribution in [1.82, 2.24) is 0 Å². The summed E-state index contributed by atoms with van der Waals surface area (Å²) in [7, 11) is 2.19. The number of hydrogen-bond donors (Lipinski definition) is 0. The fourth-order valence-corrected chi connectivity index (χ4v) is 5.42. The monoisotopic (exact) mass is 433 g/mol. The lowest BCUT2D eigenvalue weighted by atomic mass is 9.91. The number of nitrogens with zero attached hydrogens (tertiary/aromatic N) is 1. The molecule has 0 saturated carbocycles. The smallest absolute Gasteiger partial charge is 0.0488 e. The first-order valence-electron chi connectivity index (χ1n) is 12.7. The molecular formula is C32H35N. The number of rotatable bonds is 9. The second kappa shape index (κ2) is 9.43. The van der Waals surface area contributed by atoms with Crippen LogP contribution >= 0.6 is 0 Å². The Kier molecular flexibility index (Phi) is 6.22. The summed E-state index contributed by atoms with van der Waals surface area (Å²) in [5.41, 5.74) is 5.31. The van der Waals surface area contributed by atoms with E-state index < -0.39 is 0 Å². The Morgan fingerprint density at radius 3 is 2.21 bits per heavy atom. The fourth-order valence-electron chi connectivity index (χ4n) is 5.42. The highest BCUT2D eigenvalue weighted by Gasteiger charge is 2.15. The summed E-state index contributed by atoms with van der Waals surface area (Å²) in [5, 5.41) is 8.14. The molecule has 5 aromatic carbocycles. The molecule has 0 bridgehead atoms. The van der Waals surface area contributed by atoms with E-state index >= 15 is 0 Å². The molecule has 0 fully saturated rings. The first kappa shape index (κ1) is 21.8. The van der Waals surface area contributed by atoms with Gasteiger partial charge in [0, 0.05) is 23.8 Å².